The minimum absolute atomic E-state index is 0.0131. The molecule has 4 fully saturated rings. The first kappa shape index (κ1) is 33.3. The summed E-state index contributed by atoms with van der Waals surface area (Å²) >= 11 is 0. The molecule has 1 amide bonds. The first-order valence-electron chi connectivity index (χ1n) is 15.4. The number of carbonyl (C=O) groups is 2. The molecule has 0 aromatic heterocycles. The summed E-state index contributed by atoms with van der Waals surface area (Å²) < 4.78 is 13.2. The summed E-state index contributed by atoms with van der Waals surface area (Å²) in [6.07, 6.45) is 5.40. The Labute approximate surface area is 245 Å². The third-order valence-electron chi connectivity index (χ3n) is 9.98. The van der Waals surface area contributed by atoms with Crippen LogP contribution in [0.1, 0.15) is 107 Å². The number of nitrogens with zero attached hydrogens (tertiary/aromatic N) is 2. The Morgan fingerprint density at radius 2 is 1.93 bits per heavy atom. The molecule has 0 unspecified atom stereocenters. The Bertz CT molecular complexity index is 1000. The molecule has 3 saturated carbocycles. The van der Waals surface area contributed by atoms with Crippen molar-refractivity contribution in [2.45, 2.75) is 124 Å². The lowest BCUT2D eigenvalue weighted by Gasteiger charge is -2.64. The molecule has 3 aliphatic carbocycles. The van der Waals surface area contributed by atoms with Gasteiger partial charge in [0.25, 0.3) is 5.96 Å². The highest BCUT2D eigenvalue weighted by atomic mass is 16.7. The number of amides is 1. The second-order valence-corrected chi connectivity index (χ2v) is 14.3. The highest BCUT2D eigenvalue weighted by Gasteiger charge is 2.68. The maximum atomic E-state index is 13.8. The van der Waals surface area contributed by atoms with Gasteiger partial charge in [0.15, 0.2) is 5.03 Å². The summed E-state index contributed by atoms with van der Waals surface area (Å²) in [6, 6.07) is 0. The van der Waals surface area contributed by atoms with Crippen molar-refractivity contribution in [2.24, 2.45) is 45.2 Å². The molecule has 1 aliphatic heterocycles. The van der Waals surface area contributed by atoms with E-state index in [0.717, 1.165) is 25.7 Å². The monoisotopic (exact) mass is 577 g/mol. The van der Waals surface area contributed by atoms with Crippen molar-refractivity contribution in [1.82, 2.24) is 10.7 Å². The number of hydrazine groups is 1. The fourth-order valence-electron chi connectivity index (χ4n) is 7.37. The minimum Gasteiger partial charge on any atom is -0.404 e. The summed E-state index contributed by atoms with van der Waals surface area (Å²) in [6.45, 7) is 17.1. The fourth-order valence-corrected chi connectivity index (χ4v) is 7.37. The van der Waals surface area contributed by atoms with Crippen LogP contribution in [0.5, 0.6) is 0 Å². The third kappa shape index (κ3) is 7.61. The van der Waals surface area contributed by atoms with Gasteiger partial charge in [-0.05, 0) is 68.6 Å². The van der Waals surface area contributed by atoms with Crippen LogP contribution < -0.4 is 16.5 Å². The predicted molar refractivity (Wildman–Crippen MR) is 159 cm³/mol. The lowest BCUT2D eigenvalue weighted by molar-refractivity contribution is -0.525. The van der Waals surface area contributed by atoms with Gasteiger partial charge in [0.05, 0.1) is 17.6 Å². The van der Waals surface area contributed by atoms with E-state index in [2.05, 4.69) is 44.9 Å². The van der Waals surface area contributed by atoms with E-state index < -0.39 is 23.5 Å². The summed E-state index contributed by atoms with van der Waals surface area (Å²) in [7, 11) is -0.544. The predicted octanol–water partition coefficient (Wildman–Crippen LogP) is 4.06. The van der Waals surface area contributed by atoms with Crippen molar-refractivity contribution in [3.63, 3.8) is 0 Å². The Morgan fingerprint density at radius 1 is 1.24 bits per heavy atom. The van der Waals surface area contributed by atoms with Crippen molar-refractivity contribution in [1.29, 1.82) is 0 Å². The minimum atomic E-state index is -0.771. The number of aliphatic imine (C=N–C) groups is 1. The van der Waals surface area contributed by atoms with Crippen molar-refractivity contribution < 1.29 is 23.9 Å². The smallest absolute Gasteiger partial charge is 0.404 e. The summed E-state index contributed by atoms with van der Waals surface area (Å²) in [4.78, 5) is 41.7. The van der Waals surface area contributed by atoms with E-state index in [1.165, 1.54) is 0 Å². The van der Waals surface area contributed by atoms with Crippen LogP contribution in [0.25, 0.3) is 0 Å². The number of guanidine groups is 1. The van der Waals surface area contributed by atoms with E-state index in [-0.39, 0.29) is 53.7 Å². The lowest BCUT2D eigenvalue weighted by Crippen LogP contribution is -2.65. The number of nitrogens with one attached hydrogen (secondary N) is 2. The standard InChI is InChI=1S/C29H52BN5O6/c1-9-12-27(4,5)22(36)15-19(11-10-13-32-26(31)34-35(38)39)25(37)33-24(14-18(2)3)30-40-23-17-20-16-21(28(20,6)7)29(23,8)41-30/h18-21,23-24H,9-17H2,1-8H3,(H,33,37)(H3,31,32,34)/t19-,20-,21-,23-,24+,29+/m1/s1. The van der Waals surface area contributed by atoms with Crippen molar-refractivity contribution >= 4 is 24.8 Å². The van der Waals surface area contributed by atoms with Gasteiger partial charge >= 0.3 is 7.12 Å². The van der Waals surface area contributed by atoms with Crippen LogP contribution in [0.15, 0.2) is 4.99 Å². The number of nitro groups is 1. The van der Waals surface area contributed by atoms with E-state index in [1.807, 2.05) is 26.2 Å². The molecule has 0 radical (unpaired) electrons. The van der Waals surface area contributed by atoms with Gasteiger partial charge in [-0.2, -0.15) is 0 Å². The normalized spacial score (nSPS) is 28.5. The second-order valence-electron chi connectivity index (χ2n) is 14.3. The van der Waals surface area contributed by atoms with Crippen molar-refractivity contribution in [3.8, 4) is 0 Å². The molecule has 1 saturated heterocycles. The molecule has 4 rings (SSSR count). The number of rotatable bonds is 15. The zero-order valence-electron chi connectivity index (χ0n) is 26.3. The van der Waals surface area contributed by atoms with Crippen LogP contribution in [0.3, 0.4) is 0 Å². The average Bonchev–Trinajstić information content (AvgIpc) is 3.21. The van der Waals surface area contributed by atoms with Gasteiger partial charge in [-0.1, -0.05) is 60.3 Å². The van der Waals surface area contributed by atoms with Gasteiger partial charge in [0.1, 0.15) is 5.78 Å². The number of hydrogen-bond donors (Lipinski definition) is 3. The zero-order chi connectivity index (χ0) is 30.8. The van der Waals surface area contributed by atoms with E-state index in [9.17, 15) is 19.7 Å². The molecule has 2 bridgehead atoms. The van der Waals surface area contributed by atoms with E-state index in [0.29, 0.717) is 37.0 Å². The lowest BCUT2D eigenvalue weighted by atomic mass is 9.43. The Balaban J connectivity index is 1.73. The Hall–Kier alpha value is -2.21. The third-order valence-corrected chi connectivity index (χ3v) is 9.98. The number of ketones is 1. The Morgan fingerprint density at radius 3 is 2.51 bits per heavy atom. The molecule has 0 aromatic rings. The maximum Gasteiger partial charge on any atom is 0.481 e. The highest BCUT2D eigenvalue weighted by molar-refractivity contribution is 6.47. The molecule has 11 nitrogen and oxygen atoms in total. The van der Waals surface area contributed by atoms with Crippen LogP contribution >= 0.6 is 0 Å². The van der Waals surface area contributed by atoms with Crippen LogP contribution in [0.4, 0.5) is 0 Å². The van der Waals surface area contributed by atoms with Gasteiger partial charge in [0, 0.05) is 24.3 Å². The number of carbonyl (C=O) groups excluding carboxylic acids is 2. The molecule has 0 spiro atoms. The van der Waals surface area contributed by atoms with Gasteiger partial charge < -0.3 is 20.4 Å². The van der Waals surface area contributed by atoms with E-state index in [4.69, 9.17) is 15.0 Å². The van der Waals surface area contributed by atoms with Gasteiger partial charge in [-0.25, -0.2) is 15.1 Å². The maximum absolute atomic E-state index is 13.8. The molecule has 4 aliphatic rings. The molecule has 12 heteroatoms. The van der Waals surface area contributed by atoms with Crippen LogP contribution in [0, 0.1) is 44.6 Å². The van der Waals surface area contributed by atoms with Crippen LogP contribution in [-0.4, -0.2) is 54.0 Å². The number of hydrogen-bond acceptors (Lipinski definition) is 7. The summed E-state index contributed by atoms with van der Waals surface area (Å²) in [5, 5.41) is 13.0. The zero-order valence-corrected chi connectivity index (χ0v) is 26.3. The number of Topliss-reactive ketones (excluding diaryl/α,β-unsaturated/α-hetero) is 1. The second kappa shape index (κ2) is 13.0. The van der Waals surface area contributed by atoms with Gasteiger partial charge in [0.2, 0.25) is 5.91 Å². The SMILES string of the molecule is CCCC(C)(C)C(=O)C[C@@H](CCCN=C(N)N[N+](=O)[O-])C(=O)N[C@@H](CC(C)C)B1O[C@@H]2C[C@H]3C[C@H](C3(C)C)[C@]2(C)O1. The van der Waals surface area contributed by atoms with E-state index >= 15 is 0 Å². The van der Waals surface area contributed by atoms with Gasteiger partial charge in [-0.3, -0.25) is 9.59 Å². The van der Waals surface area contributed by atoms with E-state index in [1.54, 1.807) is 0 Å². The number of nitrogens with two attached hydrogens (primary N) is 1. The molecule has 41 heavy (non-hydrogen) atoms. The van der Waals surface area contributed by atoms with Crippen LogP contribution in [0.2, 0.25) is 0 Å². The van der Waals surface area contributed by atoms with Crippen LogP contribution in [-0.2, 0) is 18.9 Å². The molecular weight excluding hydrogens is 525 g/mol. The quantitative estimate of drug-likeness (QED) is 0.0656. The largest absolute Gasteiger partial charge is 0.481 e. The van der Waals surface area contributed by atoms with Crippen molar-refractivity contribution in [2.75, 3.05) is 6.54 Å². The molecule has 6 atom stereocenters. The first-order valence-corrected chi connectivity index (χ1v) is 15.4. The molecule has 4 N–H and O–H groups in total. The molecule has 232 valence electrons. The summed E-state index contributed by atoms with van der Waals surface area (Å²) in [5.74, 6) is -0.0138. The molecule has 1 heterocycles. The fraction of sp³-hybridized carbons (Fsp3) is 0.897. The molecule has 0 aromatic carbocycles. The first-order chi connectivity index (χ1) is 19.0. The Kier molecular flexibility index (Phi) is 10.5. The van der Waals surface area contributed by atoms with Crippen molar-refractivity contribution in [3.05, 3.63) is 10.1 Å². The highest BCUT2D eigenvalue weighted by Crippen LogP contribution is 2.65. The molecular formula is C29H52BN5O6. The topological polar surface area (TPSA) is 158 Å². The summed E-state index contributed by atoms with van der Waals surface area (Å²) in [5.41, 5.74) is 6.66. The van der Waals surface area contributed by atoms with Gasteiger partial charge in [-0.15, -0.1) is 0 Å². The average molecular weight is 578 g/mol.